The fourth-order valence-electron chi connectivity index (χ4n) is 6.12. The van der Waals surface area contributed by atoms with Gasteiger partial charge in [-0.25, -0.2) is 4.79 Å². The number of methoxy groups -OCH3 is 1. The SMILES string of the molecule is CCCCC[C@@H](C(=O)NCNC(=O)c1ccc(-c2ccc(C(=O)NCP(C)(=O)OCc3ccccc3)c(OCC)c2)o1)[C@@H](CC)N(C=O)OC(=O)c1ccc(OC)cc1. The highest BCUT2D eigenvalue weighted by Crippen LogP contribution is 2.42. The van der Waals surface area contributed by atoms with Crippen LogP contribution in [0.25, 0.3) is 11.3 Å². The van der Waals surface area contributed by atoms with Crippen molar-refractivity contribution in [1.82, 2.24) is 21.0 Å². The molecule has 1 aromatic heterocycles. The highest BCUT2D eigenvalue weighted by atomic mass is 31.2. The Kier molecular flexibility index (Phi) is 17.7. The van der Waals surface area contributed by atoms with Gasteiger partial charge in [0.1, 0.15) is 17.3 Å². The maximum absolute atomic E-state index is 13.6. The molecule has 59 heavy (non-hydrogen) atoms. The number of furan rings is 1. The highest BCUT2D eigenvalue weighted by molar-refractivity contribution is 7.58. The molecule has 15 nitrogen and oxygen atoms in total. The fraction of sp³-hybridized carbons (Fsp3) is 0.372. The van der Waals surface area contributed by atoms with E-state index < -0.39 is 43.0 Å². The number of hydrogen-bond acceptors (Lipinski definition) is 11. The van der Waals surface area contributed by atoms with Crippen LogP contribution < -0.4 is 25.4 Å². The van der Waals surface area contributed by atoms with Crippen molar-refractivity contribution in [2.45, 2.75) is 65.5 Å². The zero-order valence-corrected chi connectivity index (χ0v) is 35.0. The van der Waals surface area contributed by atoms with E-state index in [1.807, 2.05) is 37.3 Å². The summed E-state index contributed by atoms with van der Waals surface area (Å²) in [6.45, 7) is 7.20. The van der Waals surface area contributed by atoms with E-state index in [0.29, 0.717) is 42.7 Å². The molecule has 4 aromatic rings. The lowest BCUT2D eigenvalue weighted by atomic mass is 9.90. The Balaban J connectivity index is 1.36. The number of carbonyl (C=O) groups is 5. The summed E-state index contributed by atoms with van der Waals surface area (Å²) in [5, 5.41) is 8.91. The van der Waals surface area contributed by atoms with E-state index in [1.54, 1.807) is 50.2 Å². The van der Waals surface area contributed by atoms with E-state index in [9.17, 15) is 28.5 Å². The van der Waals surface area contributed by atoms with Crippen LogP contribution in [0.15, 0.2) is 89.3 Å². The first-order valence-electron chi connectivity index (χ1n) is 19.5. The van der Waals surface area contributed by atoms with Gasteiger partial charge in [0.2, 0.25) is 19.7 Å². The molecule has 16 heteroatoms. The minimum atomic E-state index is -3.16. The molecule has 0 fully saturated rings. The minimum Gasteiger partial charge on any atom is -0.497 e. The van der Waals surface area contributed by atoms with Crippen molar-refractivity contribution in [1.29, 1.82) is 0 Å². The van der Waals surface area contributed by atoms with Crippen LogP contribution in [-0.4, -0.2) is 74.5 Å². The quantitative estimate of drug-likeness (QED) is 0.0213. The van der Waals surface area contributed by atoms with Crippen molar-refractivity contribution in [3.05, 3.63) is 107 Å². The molecule has 4 rings (SSSR count). The molecule has 4 amide bonds. The number of nitrogens with one attached hydrogen (secondary N) is 3. The van der Waals surface area contributed by atoms with Crippen molar-refractivity contribution in [2.75, 3.05) is 33.3 Å². The molecule has 1 heterocycles. The fourth-order valence-corrected chi connectivity index (χ4v) is 7.07. The van der Waals surface area contributed by atoms with Crippen molar-refractivity contribution >= 4 is 37.5 Å². The van der Waals surface area contributed by atoms with Gasteiger partial charge in [-0.3, -0.25) is 23.7 Å². The van der Waals surface area contributed by atoms with Gasteiger partial charge < -0.3 is 39.2 Å². The van der Waals surface area contributed by atoms with Crippen LogP contribution >= 0.6 is 7.37 Å². The average molecular weight is 833 g/mol. The molecular weight excluding hydrogens is 779 g/mol. The van der Waals surface area contributed by atoms with Crippen LogP contribution in [0.3, 0.4) is 0 Å². The molecule has 3 atom stereocenters. The van der Waals surface area contributed by atoms with Gasteiger partial charge >= 0.3 is 5.97 Å². The third-order valence-electron chi connectivity index (χ3n) is 9.31. The first kappa shape index (κ1) is 45.8. The van der Waals surface area contributed by atoms with Crippen LogP contribution in [0.2, 0.25) is 0 Å². The van der Waals surface area contributed by atoms with E-state index >= 15 is 0 Å². The Morgan fingerprint density at radius 2 is 1.63 bits per heavy atom. The van der Waals surface area contributed by atoms with E-state index in [1.165, 1.54) is 32.0 Å². The van der Waals surface area contributed by atoms with Gasteiger partial charge in [-0.2, -0.15) is 5.06 Å². The molecule has 0 aliphatic carbocycles. The molecule has 316 valence electrons. The molecular formula is C43H53N4O11P. The van der Waals surface area contributed by atoms with Gasteiger partial charge in [0.25, 0.3) is 11.8 Å². The standard InChI is InChI=1S/C43H53N4O11P/c1-6-9-11-16-34(36(7-2)47(29-48)58-43(52)31-17-20-33(54-4)21-18-31)40(49)44-27-45-42(51)38-24-23-37(57-38)32-19-22-35(39(25-32)55-8-3)41(50)46-28-59(5,53)56-26-30-14-12-10-13-15-30/h10,12-15,17-25,29,34,36H,6-9,11,16,26-28H2,1-5H3,(H,44,49)(H,45,51)(H,46,50)/t34-,36-,59?/m1/s1. The number of hydroxylamine groups is 2. The van der Waals surface area contributed by atoms with Gasteiger partial charge in [-0.1, -0.05) is 69.5 Å². The second-order valence-corrected chi connectivity index (χ2v) is 16.2. The van der Waals surface area contributed by atoms with Gasteiger partial charge in [0, 0.05) is 12.2 Å². The summed E-state index contributed by atoms with van der Waals surface area (Å²) >= 11 is 0. The predicted molar refractivity (Wildman–Crippen MR) is 221 cm³/mol. The summed E-state index contributed by atoms with van der Waals surface area (Å²) in [5.74, 6) is -1.97. The Morgan fingerprint density at radius 1 is 0.881 bits per heavy atom. The van der Waals surface area contributed by atoms with Crippen molar-refractivity contribution < 1.29 is 51.8 Å². The molecule has 1 unspecified atom stereocenters. The van der Waals surface area contributed by atoms with Crippen LogP contribution in [0.4, 0.5) is 0 Å². The Labute approximate surface area is 344 Å². The Hall–Kier alpha value is -5.92. The largest absolute Gasteiger partial charge is 0.497 e. The Morgan fingerprint density at radius 3 is 2.29 bits per heavy atom. The molecule has 3 N–H and O–H groups in total. The first-order valence-corrected chi connectivity index (χ1v) is 21.7. The number of carbonyl (C=O) groups excluding carboxylic acids is 5. The lowest BCUT2D eigenvalue weighted by molar-refractivity contribution is -0.171. The van der Waals surface area contributed by atoms with Crippen molar-refractivity contribution in [3.8, 4) is 22.8 Å². The molecule has 0 aliphatic rings. The van der Waals surface area contributed by atoms with E-state index in [2.05, 4.69) is 16.0 Å². The summed E-state index contributed by atoms with van der Waals surface area (Å²) in [6.07, 6.45) is 3.36. The lowest BCUT2D eigenvalue weighted by Gasteiger charge is -2.31. The average Bonchev–Trinajstić information content (AvgIpc) is 3.75. The zero-order chi connectivity index (χ0) is 42.8. The molecule has 0 spiro atoms. The van der Waals surface area contributed by atoms with Gasteiger partial charge in [-0.15, -0.1) is 0 Å². The molecule has 0 aliphatic heterocycles. The predicted octanol–water partition coefficient (Wildman–Crippen LogP) is 7.17. The number of benzene rings is 3. The number of amides is 4. The van der Waals surface area contributed by atoms with Crippen LogP contribution in [0.5, 0.6) is 11.5 Å². The summed E-state index contributed by atoms with van der Waals surface area (Å²) in [7, 11) is -1.66. The minimum absolute atomic E-state index is 0.0354. The highest BCUT2D eigenvalue weighted by Gasteiger charge is 2.34. The van der Waals surface area contributed by atoms with Crippen molar-refractivity contribution in [3.63, 3.8) is 0 Å². The second kappa shape index (κ2) is 22.9. The molecule has 0 bridgehead atoms. The number of nitrogens with zero attached hydrogens (tertiary/aromatic N) is 1. The van der Waals surface area contributed by atoms with Gasteiger partial charge in [0.05, 0.1) is 56.4 Å². The summed E-state index contributed by atoms with van der Waals surface area (Å²) in [6, 6.07) is 22.6. The van der Waals surface area contributed by atoms with Crippen molar-refractivity contribution in [2.24, 2.45) is 5.92 Å². The van der Waals surface area contributed by atoms with Crippen LogP contribution in [-0.2, 0) is 30.1 Å². The van der Waals surface area contributed by atoms with E-state index in [-0.39, 0.29) is 48.8 Å². The topological polar surface area (TPSA) is 192 Å². The number of unbranched alkanes of at least 4 members (excludes halogenated alkanes) is 2. The van der Waals surface area contributed by atoms with Gasteiger partial charge in [-0.05, 0) is 73.9 Å². The monoisotopic (exact) mass is 832 g/mol. The normalized spacial score (nSPS) is 12.9. The lowest BCUT2D eigenvalue weighted by Crippen LogP contribution is -2.49. The number of hydrogen-bond donors (Lipinski definition) is 3. The van der Waals surface area contributed by atoms with Crippen LogP contribution in [0, 0.1) is 5.92 Å². The molecule has 0 saturated carbocycles. The molecule has 3 aromatic carbocycles. The van der Waals surface area contributed by atoms with Crippen LogP contribution in [0.1, 0.15) is 89.7 Å². The molecule has 0 saturated heterocycles. The van der Waals surface area contributed by atoms with E-state index in [4.69, 9.17) is 23.3 Å². The number of ether oxygens (including phenoxy) is 2. The maximum Gasteiger partial charge on any atom is 0.363 e. The van der Waals surface area contributed by atoms with E-state index in [0.717, 1.165) is 23.5 Å². The first-order chi connectivity index (χ1) is 28.4. The third kappa shape index (κ3) is 13.6. The maximum atomic E-state index is 13.6. The molecule has 0 radical (unpaired) electrons. The van der Waals surface area contributed by atoms with Gasteiger partial charge in [0.15, 0.2) is 5.76 Å². The third-order valence-corrected chi connectivity index (χ3v) is 10.7. The smallest absolute Gasteiger partial charge is 0.363 e. The number of rotatable bonds is 24. The zero-order valence-electron chi connectivity index (χ0n) is 34.1. The summed E-state index contributed by atoms with van der Waals surface area (Å²) in [5.41, 5.74) is 1.80. The summed E-state index contributed by atoms with van der Waals surface area (Å²) in [4.78, 5) is 70.4. The second-order valence-electron chi connectivity index (χ2n) is 13.6. The Bertz CT molecular complexity index is 2060. The summed E-state index contributed by atoms with van der Waals surface area (Å²) < 4.78 is 35.4.